The maximum absolute atomic E-state index is 12.3. The third kappa shape index (κ3) is 2.74. The van der Waals surface area contributed by atoms with E-state index in [4.69, 9.17) is 0 Å². The van der Waals surface area contributed by atoms with Gasteiger partial charge in [-0.15, -0.1) is 0 Å². The minimum Gasteiger partial charge on any atom is -0.342 e. The van der Waals surface area contributed by atoms with E-state index in [0.717, 1.165) is 45.4 Å². The van der Waals surface area contributed by atoms with Gasteiger partial charge in [0.05, 0.1) is 29.2 Å². The van der Waals surface area contributed by atoms with Crippen molar-refractivity contribution in [1.29, 1.82) is 0 Å². The van der Waals surface area contributed by atoms with Crippen LogP contribution in [-0.4, -0.2) is 26.1 Å². The van der Waals surface area contributed by atoms with Crippen LogP contribution in [0.1, 0.15) is 18.3 Å². The SMILES string of the molecule is CCc1nc2ccc(CC(=O)Nc3ccc4cn[nH]c4c3)cc2[nH]1. The largest absolute Gasteiger partial charge is 0.342 e. The molecule has 2 heterocycles. The van der Waals surface area contributed by atoms with Crippen molar-refractivity contribution in [2.45, 2.75) is 19.8 Å². The second-order valence-corrected chi connectivity index (χ2v) is 5.79. The van der Waals surface area contributed by atoms with Crippen molar-refractivity contribution in [2.24, 2.45) is 0 Å². The molecule has 0 fully saturated rings. The molecule has 120 valence electrons. The number of amides is 1. The zero-order chi connectivity index (χ0) is 16.5. The van der Waals surface area contributed by atoms with Crippen molar-refractivity contribution < 1.29 is 4.79 Å². The Morgan fingerprint density at radius 2 is 2.08 bits per heavy atom. The molecule has 0 saturated heterocycles. The molecule has 0 unspecified atom stereocenters. The van der Waals surface area contributed by atoms with Gasteiger partial charge in [-0.1, -0.05) is 13.0 Å². The molecule has 6 heteroatoms. The van der Waals surface area contributed by atoms with E-state index < -0.39 is 0 Å². The maximum atomic E-state index is 12.3. The molecule has 0 aliphatic rings. The Labute approximate surface area is 138 Å². The minimum atomic E-state index is -0.0524. The number of aromatic nitrogens is 4. The Morgan fingerprint density at radius 3 is 2.96 bits per heavy atom. The predicted octanol–water partition coefficient (Wildman–Crippen LogP) is 3.18. The highest BCUT2D eigenvalue weighted by molar-refractivity contribution is 5.95. The molecule has 0 bridgehead atoms. The number of anilines is 1. The van der Waals surface area contributed by atoms with Gasteiger partial charge in [0, 0.05) is 17.5 Å². The number of aryl methyl sites for hydroxylation is 1. The van der Waals surface area contributed by atoms with Crippen molar-refractivity contribution in [3.63, 3.8) is 0 Å². The van der Waals surface area contributed by atoms with Gasteiger partial charge in [-0.3, -0.25) is 9.89 Å². The summed E-state index contributed by atoms with van der Waals surface area (Å²) >= 11 is 0. The Bertz CT molecular complexity index is 1030. The number of hydrogen-bond donors (Lipinski definition) is 3. The summed E-state index contributed by atoms with van der Waals surface area (Å²) in [4.78, 5) is 20.0. The molecule has 24 heavy (non-hydrogen) atoms. The predicted molar refractivity (Wildman–Crippen MR) is 93.9 cm³/mol. The lowest BCUT2D eigenvalue weighted by Crippen LogP contribution is -2.14. The molecule has 6 nitrogen and oxygen atoms in total. The molecule has 4 rings (SSSR count). The van der Waals surface area contributed by atoms with Crippen LogP contribution in [-0.2, 0) is 17.6 Å². The fourth-order valence-electron chi connectivity index (χ4n) is 2.79. The standard InChI is InChI=1S/C18H17N5O/c1-2-17-21-14-6-3-11(7-16(14)22-17)8-18(24)20-13-5-4-12-10-19-23-15(12)9-13/h3-7,9-10H,2,8H2,1H3,(H,19,23)(H,20,24)(H,21,22). The number of nitrogens with one attached hydrogen (secondary N) is 3. The molecule has 0 aliphatic carbocycles. The van der Waals surface area contributed by atoms with Gasteiger partial charge >= 0.3 is 0 Å². The summed E-state index contributed by atoms with van der Waals surface area (Å²) in [5.41, 5.74) is 4.51. The summed E-state index contributed by atoms with van der Waals surface area (Å²) in [5.74, 6) is 0.905. The summed E-state index contributed by atoms with van der Waals surface area (Å²) in [7, 11) is 0. The van der Waals surface area contributed by atoms with Gasteiger partial charge < -0.3 is 10.3 Å². The lowest BCUT2D eigenvalue weighted by atomic mass is 10.1. The lowest BCUT2D eigenvalue weighted by Gasteiger charge is -2.05. The Morgan fingerprint density at radius 1 is 1.17 bits per heavy atom. The molecule has 0 aliphatic heterocycles. The van der Waals surface area contributed by atoms with E-state index in [9.17, 15) is 4.79 Å². The first-order chi connectivity index (χ1) is 11.7. The summed E-state index contributed by atoms with van der Waals surface area (Å²) in [6.45, 7) is 2.06. The van der Waals surface area contributed by atoms with Gasteiger partial charge in [0.15, 0.2) is 0 Å². The Hall–Kier alpha value is -3.15. The minimum absolute atomic E-state index is 0.0524. The topological polar surface area (TPSA) is 86.5 Å². The second-order valence-electron chi connectivity index (χ2n) is 5.79. The van der Waals surface area contributed by atoms with Crippen molar-refractivity contribution >= 4 is 33.5 Å². The van der Waals surface area contributed by atoms with Crippen LogP contribution in [0.2, 0.25) is 0 Å². The normalized spacial score (nSPS) is 11.2. The van der Waals surface area contributed by atoms with E-state index in [0.29, 0.717) is 6.42 Å². The van der Waals surface area contributed by atoms with Gasteiger partial charge in [0.1, 0.15) is 5.82 Å². The third-order valence-corrected chi connectivity index (χ3v) is 4.02. The summed E-state index contributed by atoms with van der Waals surface area (Å²) in [6, 6.07) is 11.6. The molecular formula is C18H17N5O. The highest BCUT2D eigenvalue weighted by Gasteiger charge is 2.08. The van der Waals surface area contributed by atoms with Crippen molar-refractivity contribution in [3.8, 4) is 0 Å². The Kier molecular flexibility index (Phi) is 3.49. The maximum Gasteiger partial charge on any atom is 0.228 e. The molecule has 3 N–H and O–H groups in total. The van der Waals surface area contributed by atoms with Gasteiger partial charge in [-0.05, 0) is 35.9 Å². The van der Waals surface area contributed by atoms with Crippen LogP contribution >= 0.6 is 0 Å². The highest BCUT2D eigenvalue weighted by Crippen LogP contribution is 2.18. The molecule has 2 aromatic heterocycles. The molecule has 0 spiro atoms. The molecule has 2 aromatic carbocycles. The number of fused-ring (bicyclic) bond motifs is 2. The van der Waals surface area contributed by atoms with Crippen LogP contribution in [0.5, 0.6) is 0 Å². The summed E-state index contributed by atoms with van der Waals surface area (Å²) in [6.07, 6.45) is 2.93. The van der Waals surface area contributed by atoms with Gasteiger partial charge in [-0.25, -0.2) is 4.98 Å². The van der Waals surface area contributed by atoms with E-state index in [-0.39, 0.29) is 5.91 Å². The average molecular weight is 319 g/mol. The zero-order valence-electron chi connectivity index (χ0n) is 13.3. The lowest BCUT2D eigenvalue weighted by molar-refractivity contribution is -0.115. The molecule has 0 atom stereocenters. The molecule has 1 amide bonds. The van der Waals surface area contributed by atoms with Crippen LogP contribution in [0.4, 0.5) is 5.69 Å². The first-order valence-corrected chi connectivity index (χ1v) is 7.92. The van der Waals surface area contributed by atoms with E-state index in [1.54, 1.807) is 6.20 Å². The third-order valence-electron chi connectivity index (χ3n) is 4.02. The smallest absolute Gasteiger partial charge is 0.228 e. The molecule has 4 aromatic rings. The quantitative estimate of drug-likeness (QED) is 0.540. The number of imidazole rings is 1. The summed E-state index contributed by atoms with van der Waals surface area (Å²) in [5, 5.41) is 10.8. The van der Waals surface area contributed by atoms with Crippen LogP contribution < -0.4 is 5.32 Å². The number of benzene rings is 2. The van der Waals surface area contributed by atoms with Gasteiger partial charge in [-0.2, -0.15) is 5.10 Å². The van der Waals surface area contributed by atoms with Crippen molar-refractivity contribution in [2.75, 3.05) is 5.32 Å². The monoisotopic (exact) mass is 319 g/mol. The Balaban J connectivity index is 1.50. The average Bonchev–Trinajstić information content (AvgIpc) is 3.19. The zero-order valence-corrected chi connectivity index (χ0v) is 13.3. The van der Waals surface area contributed by atoms with Gasteiger partial charge in [0.25, 0.3) is 0 Å². The van der Waals surface area contributed by atoms with Crippen molar-refractivity contribution in [1.82, 2.24) is 20.2 Å². The fourth-order valence-corrected chi connectivity index (χ4v) is 2.79. The van der Waals surface area contributed by atoms with E-state index in [1.807, 2.05) is 36.4 Å². The van der Waals surface area contributed by atoms with Crippen LogP contribution in [0.15, 0.2) is 42.6 Å². The number of carbonyl (C=O) groups is 1. The second kappa shape index (κ2) is 5.81. The summed E-state index contributed by atoms with van der Waals surface area (Å²) < 4.78 is 0. The fraction of sp³-hybridized carbons (Fsp3) is 0.167. The first-order valence-electron chi connectivity index (χ1n) is 7.92. The van der Waals surface area contributed by atoms with E-state index >= 15 is 0 Å². The van der Waals surface area contributed by atoms with E-state index in [1.165, 1.54) is 0 Å². The van der Waals surface area contributed by atoms with Gasteiger partial charge in [0.2, 0.25) is 5.91 Å². The first kappa shape index (κ1) is 14.4. The number of hydrogen-bond acceptors (Lipinski definition) is 3. The number of aromatic amines is 2. The number of nitrogens with zero attached hydrogens (tertiary/aromatic N) is 2. The van der Waals surface area contributed by atoms with Crippen LogP contribution in [0.3, 0.4) is 0 Å². The van der Waals surface area contributed by atoms with Crippen LogP contribution in [0, 0.1) is 0 Å². The number of H-pyrrole nitrogens is 2. The number of rotatable bonds is 4. The number of carbonyl (C=O) groups excluding carboxylic acids is 1. The van der Waals surface area contributed by atoms with Crippen molar-refractivity contribution in [3.05, 3.63) is 54.0 Å². The molecule has 0 saturated carbocycles. The molecule has 0 radical (unpaired) electrons. The van der Waals surface area contributed by atoms with Crippen LogP contribution in [0.25, 0.3) is 21.9 Å². The van der Waals surface area contributed by atoms with E-state index in [2.05, 4.69) is 32.4 Å². The highest BCUT2D eigenvalue weighted by atomic mass is 16.1. The molecular weight excluding hydrogens is 302 g/mol.